The van der Waals surface area contributed by atoms with Crippen LogP contribution >= 0.6 is 0 Å². The Bertz CT molecular complexity index is 618. The van der Waals surface area contributed by atoms with Crippen molar-refractivity contribution >= 4 is 6.29 Å². The van der Waals surface area contributed by atoms with Crippen molar-refractivity contribution in [3.63, 3.8) is 0 Å². The fourth-order valence-electron chi connectivity index (χ4n) is 1.98. The smallest absolute Gasteiger partial charge is 0.172 e. The second kappa shape index (κ2) is 5.86. The van der Waals surface area contributed by atoms with Gasteiger partial charge in [0, 0.05) is 6.04 Å². The molecule has 0 radical (unpaired) electrons. The fraction of sp³-hybridized carbons (Fsp3) is 0.400. The maximum atomic E-state index is 11.0. The Balaban J connectivity index is 2.24. The molecule has 2 aromatic rings. The number of benzene rings is 1. The van der Waals surface area contributed by atoms with Crippen LogP contribution in [0.3, 0.4) is 0 Å². The lowest BCUT2D eigenvalue weighted by Gasteiger charge is -2.13. The maximum Gasteiger partial charge on any atom is 0.172 e. The van der Waals surface area contributed by atoms with E-state index in [9.17, 15) is 4.79 Å². The zero-order chi connectivity index (χ0) is 14.7. The zero-order valence-corrected chi connectivity index (χ0v) is 12.3. The van der Waals surface area contributed by atoms with Crippen LogP contribution in [0.25, 0.3) is 0 Å². The summed E-state index contributed by atoms with van der Waals surface area (Å²) in [5, 5.41) is 7.87. The molecule has 5 heteroatoms. The lowest BCUT2D eigenvalue weighted by atomic mass is 10.1. The summed E-state index contributed by atoms with van der Waals surface area (Å²) in [4.78, 5) is 11.0. The van der Waals surface area contributed by atoms with E-state index in [-0.39, 0.29) is 12.6 Å². The largest absolute Gasteiger partial charge is 0.487 e. The van der Waals surface area contributed by atoms with Gasteiger partial charge in [-0.05, 0) is 44.9 Å². The molecular formula is C15H19N3O2. The van der Waals surface area contributed by atoms with Gasteiger partial charge in [-0.3, -0.25) is 4.79 Å². The van der Waals surface area contributed by atoms with Crippen molar-refractivity contribution in [3.05, 3.63) is 40.7 Å². The standard InChI is InChI=1S/C15H19N3O2/c1-10(2)18-14(13(8-19)16-17-18)9-20-15-7-11(3)5-6-12(15)4/h5-8,10H,9H2,1-4H3. The van der Waals surface area contributed by atoms with Crippen LogP contribution in [0.5, 0.6) is 5.75 Å². The van der Waals surface area contributed by atoms with Gasteiger partial charge in [0.1, 0.15) is 18.1 Å². The van der Waals surface area contributed by atoms with E-state index in [4.69, 9.17) is 4.74 Å². The normalized spacial score (nSPS) is 10.8. The van der Waals surface area contributed by atoms with E-state index in [0.29, 0.717) is 17.7 Å². The summed E-state index contributed by atoms with van der Waals surface area (Å²) in [5.74, 6) is 0.818. The van der Waals surface area contributed by atoms with E-state index in [1.165, 1.54) is 0 Å². The molecule has 2 rings (SSSR count). The van der Waals surface area contributed by atoms with Crippen molar-refractivity contribution in [2.24, 2.45) is 0 Å². The number of nitrogens with zero attached hydrogens (tertiary/aromatic N) is 3. The summed E-state index contributed by atoms with van der Waals surface area (Å²) in [5.41, 5.74) is 3.24. The van der Waals surface area contributed by atoms with E-state index >= 15 is 0 Å². The molecule has 5 nitrogen and oxygen atoms in total. The highest BCUT2D eigenvalue weighted by Gasteiger charge is 2.15. The number of hydrogen-bond acceptors (Lipinski definition) is 4. The average Bonchev–Trinajstić information content (AvgIpc) is 2.82. The van der Waals surface area contributed by atoms with Crippen molar-refractivity contribution in [1.82, 2.24) is 15.0 Å². The van der Waals surface area contributed by atoms with Crippen LogP contribution in [-0.4, -0.2) is 21.3 Å². The third-order valence-corrected chi connectivity index (χ3v) is 3.13. The third kappa shape index (κ3) is 2.87. The molecule has 0 spiro atoms. The number of carbonyl (C=O) groups is 1. The van der Waals surface area contributed by atoms with Gasteiger partial charge in [-0.25, -0.2) is 4.68 Å². The summed E-state index contributed by atoms with van der Waals surface area (Å²) in [6.07, 6.45) is 0.716. The van der Waals surface area contributed by atoms with Crippen LogP contribution in [0.1, 0.15) is 47.2 Å². The highest BCUT2D eigenvalue weighted by Crippen LogP contribution is 2.21. The predicted octanol–water partition coefficient (Wildman–Crippen LogP) is 2.87. The number of hydrogen-bond donors (Lipinski definition) is 0. The summed E-state index contributed by atoms with van der Waals surface area (Å²) in [6, 6.07) is 6.18. The molecule has 0 saturated heterocycles. The maximum absolute atomic E-state index is 11.0. The van der Waals surface area contributed by atoms with Gasteiger partial charge in [0.25, 0.3) is 0 Å². The van der Waals surface area contributed by atoms with E-state index in [1.54, 1.807) is 4.68 Å². The molecule has 20 heavy (non-hydrogen) atoms. The lowest BCUT2D eigenvalue weighted by Crippen LogP contribution is -2.11. The lowest BCUT2D eigenvalue weighted by molar-refractivity contribution is 0.111. The van der Waals surface area contributed by atoms with Crippen LogP contribution in [0, 0.1) is 13.8 Å². The fourth-order valence-corrected chi connectivity index (χ4v) is 1.98. The minimum Gasteiger partial charge on any atom is -0.487 e. The highest BCUT2D eigenvalue weighted by molar-refractivity contribution is 5.73. The van der Waals surface area contributed by atoms with Crippen LogP contribution in [-0.2, 0) is 6.61 Å². The van der Waals surface area contributed by atoms with Gasteiger partial charge in [-0.15, -0.1) is 5.10 Å². The molecule has 1 aromatic heterocycles. The quantitative estimate of drug-likeness (QED) is 0.786. The van der Waals surface area contributed by atoms with E-state index in [0.717, 1.165) is 16.9 Å². The van der Waals surface area contributed by atoms with E-state index in [1.807, 2.05) is 45.9 Å². The number of aryl methyl sites for hydroxylation is 2. The Kier molecular flexibility index (Phi) is 4.17. The first-order chi connectivity index (χ1) is 9.52. The van der Waals surface area contributed by atoms with Crippen LogP contribution < -0.4 is 4.74 Å². The summed E-state index contributed by atoms with van der Waals surface area (Å²) >= 11 is 0. The molecule has 1 heterocycles. The van der Waals surface area contributed by atoms with Gasteiger partial charge in [0.05, 0.1) is 0 Å². The van der Waals surface area contributed by atoms with Crippen LogP contribution in [0.4, 0.5) is 0 Å². The second-order valence-corrected chi connectivity index (χ2v) is 5.14. The average molecular weight is 273 g/mol. The molecule has 0 aliphatic heterocycles. The molecule has 0 atom stereocenters. The summed E-state index contributed by atoms with van der Waals surface area (Å²) < 4.78 is 7.55. The van der Waals surface area contributed by atoms with E-state index in [2.05, 4.69) is 10.3 Å². The minimum atomic E-state index is 0.133. The monoisotopic (exact) mass is 273 g/mol. The predicted molar refractivity (Wildman–Crippen MR) is 76.0 cm³/mol. The molecule has 0 bridgehead atoms. The molecule has 0 N–H and O–H groups in total. The first kappa shape index (κ1) is 14.2. The molecule has 0 saturated carbocycles. The van der Waals surface area contributed by atoms with Crippen molar-refractivity contribution in [2.45, 2.75) is 40.3 Å². The molecule has 106 valence electrons. The van der Waals surface area contributed by atoms with Gasteiger partial charge >= 0.3 is 0 Å². The highest BCUT2D eigenvalue weighted by atomic mass is 16.5. The Hall–Kier alpha value is -2.17. The number of carbonyl (C=O) groups excluding carboxylic acids is 1. The SMILES string of the molecule is Cc1ccc(C)c(OCc2c(C=O)nnn2C(C)C)c1. The molecule has 0 fully saturated rings. The Morgan fingerprint density at radius 2 is 2.10 bits per heavy atom. The number of aldehydes is 1. The topological polar surface area (TPSA) is 57.0 Å². The Labute approximate surface area is 118 Å². The molecule has 1 aromatic carbocycles. The number of rotatable bonds is 5. The number of aromatic nitrogens is 3. The Morgan fingerprint density at radius 1 is 1.35 bits per heavy atom. The first-order valence-corrected chi connectivity index (χ1v) is 6.62. The van der Waals surface area contributed by atoms with E-state index < -0.39 is 0 Å². The van der Waals surface area contributed by atoms with Crippen molar-refractivity contribution < 1.29 is 9.53 Å². The molecule has 0 aliphatic rings. The molecular weight excluding hydrogens is 254 g/mol. The molecule has 0 amide bonds. The first-order valence-electron chi connectivity index (χ1n) is 6.62. The zero-order valence-electron chi connectivity index (χ0n) is 12.3. The van der Waals surface area contributed by atoms with Gasteiger partial charge in [0.2, 0.25) is 0 Å². The molecule has 0 unspecified atom stereocenters. The summed E-state index contributed by atoms with van der Waals surface area (Å²) in [6.45, 7) is 8.27. The van der Waals surface area contributed by atoms with Crippen molar-refractivity contribution in [2.75, 3.05) is 0 Å². The van der Waals surface area contributed by atoms with Crippen molar-refractivity contribution in [3.8, 4) is 5.75 Å². The van der Waals surface area contributed by atoms with Crippen molar-refractivity contribution in [1.29, 1.82) is 0 Å². The van der Waals surface area contributed by atoms with Crippen LogP contribution in [0.15, 0.2) is 18.2 Å². The summed E-state index contributed by atoms with van der Waals surface area (Å²) in [7, 11) is 0. The molecule has 0 aliphatic carbocycles. The Morgan fingerprint density at radius 3 is 2.75 bits per heavy atom. The third-order valence-electron chi connectivity index (χ3n) is 3.13. The minimum absolute atomic E-state index is 0.133. The number of ether oxygens (including phenoxy) is 1. The second-order valence-electron chi connectivity index (χ2n) is 5.14. The van der Waals surface area contributed by atoms with Gasteiger partial charge in [-0.1, -0.05) is 17.3 Å². The van der Waals surface area contributed by atoms with Crippen LogP contribution in [0.2, 0.25) is 0 Å². The van der Waals surface area contributed by atoms with Gasteiger partial charge < -0.3 is 4.74 Å². The van der Waals surface area contributed by atoms with Gasteiger partial charge in [0.15, 0.2) is 12.0 Å². The van der Waals surface area contributed by atoms with Gasteiger partial charge in [-0.2, -0.15) is 0 Å².